The van der Waals surface area contributed by atoms with E-state index < -0.39 is 5.82 Å². The summed E-state index contributed by atoms with van der Waals surface area (Å²) in [5.74, 6) is -0.655. The van der Waals surface area contributed by atoms with Crippen molar-refractivity contribution in [3.8, 4) is 0 Å². The third-order valence-electron chi connectivity index (χ3n) is 2.45. The molecule has 0 aliphatic rings. The Morgan fingerprint density at radius 3 is 2.53 bits per heavy atom. The smallest absolute Gasteiger partial charge is 0.211 e. The zero-order valence-corrected chi connectivity index (χ0v) is 9.70. The lowest BCUT2D eigenvalue weighted by Crippen LogP contribution is -2.05. The average molecular weight is 229 g/mol. The van der Waals surface area contributed by atoms with Gasteiger partial charge in [0.15, 0.2) is 0 Å². The fourth-order valence-corrected chi connectivity index (χ4v) is 1.68. The lowest BCUT2D eigenvalue weighted by molar-refractivity contribution is 0.103. The number of rotatable bonds is 2. The molecule has 0 aliphatic heterocycles. The van der Waals surface area contributed by atoms with Crippen molar-refractivity contribution in [2.45, 2.75) is 13.8 Å². The van der Waals surface area contributed by atoms with Crippen molar-refractivity contribution in [1.29, 1.82) is 0 Å². The normalized spacial score (nSPS) is 10.3. The van der Waals surface area contributed by atoms with Crippen molar-refractivity contribution in [2.75, 3.05) is 0 Å². The van der Waals surface area contributed by atoms with Gasteiger partial charge in [0.1, 0.15) is 11.5 Å². The summed E-state index contributed by atoms with van der Waals surface area (Å²) in [6.45, 7) is 3.64. The number of aryl methyl sites for hydroxylation is 2. The topological polar surface area (TPSA) is 30.0 Å². The number of carbonyl (C=O) groups excluding carboxylic acids is 1. The average Bonchev–Trinajstić information content (AvgIpc) is 2.26. The van der Waals surface area contributed by atoms with E-state index in [1.807, 2.05) is 13.0 Å². The van der Waals surface area contributed by atoms with Gasteiger partial charge in [-0.25, -0.2) is 4.39 Å². The molecule has 0 atom stereocenters. The van der Waals surface area contributed by atoms with Crippen LogP contribution in [0, 0.1) is 19.7 Å². The molecule has 3 heteroatoms. The molecular weight excluding hydrogens is 217 g/mol. The molecule has 0 unspecified atom stereocenters. The van der Waals surface area contributed by atoms with Crippen LogP contribution in [0.5, 0.6) is 0 Å². The minimum Gasteiger partial charge on any atom is -0.287 e. The number of aromatic nitrogens is 1. The Labute approximate surface area is 99.1 Å². The first kappa shape index (κ1) is 11.5. The molecular formula is C14H12FNO. The Morgan fingerprint density at radius 1 is 1.12 bits per heavy atom. The summed E-state index contributed by atoms with van der Waals surface area (Å²) in [5.41, 5.74) is 2.35. The van der Waals surface area contributed by atoms with Crippen LogP contribution < -0.4 is 0 Å². The molecule has 0 saturated heterocycles. The van der Waals surface area contributed by atoms with Crippen LogP contribution in [-0.4, -0.2) is 10.8 Å². The van der Waals surface area contributed by atoms with Crippen LogP contribution in [0.3, 0.4) is 0 Å². The first-order valence-electron chi connectivity index (χ1n) is 5.31. The minimum atomic E-state index is -0.402. The second-order valence-corrected chi connectivity index (χ2v) is 4.06. The maximum absolute atomic E-state index is 13.2. The summed E-state index contributed by atoms with van der Waals surface area (Å²) in [5, 5.41) is 0. The Bertz CT molecular complexity index is 558. The summed E-state index contributed by atoms with van der Waals surface area (Å²) in [6.07, 6.45) is 1.58. The van der Waals surface area contributed by atoms with Gasteiger partial charge >= 0.3 is 0 Å². The fraction of sp³-hybridized carbons (Fsp3) is 0.143. The lowest BCUT2D eigenvalue weighted by atomic mass is 10.0. The number of pyridine rings is 1. The molecule has 0 radical (unpaired) electrons. The second-order valence-electron chi connectivity index (χ2n) is 4.06. The van der Waals surface area contributed by atoms with Gasteiger partial charge < -0.3 is 0 Å². The monoisotopic (exact) mass is 229 g/mol. The van der Waals surface area contributed by atoms with Crippen molar-refractivity contribution < 1.29 is 9.18 Å². The maximum Gasteiger partial charge on any atom is 0.211 e. The van der Waals surface area contributed by atoms with E-state index in [4.69, 9.17) is 0 Å². The Balaban J connectivity index is 2.43. The van der Waals surface area contributed by atoms with Gasteiger partial charge in [0.05, 0.1) is 0 Å². The molecule has 2 aromatic rings. The number of hydrogen-bond acceptors (Lipinski definition) is 2. The van der Waals surface area contributed by atoms with E-state index in [1.54, 1.807) is 25.3 Å². The van der Waals surface area contributed by atoms with Crippen molar-refractivity contribution in [3.63, 3.8) is 0 Å². The number of benzene rings is 1. The SMILES string of the molecule is Cc1cc(F)cc(C(=O)c2cc(C)ccn2)c1. The predicted octanol–water partition coefficient (Wildman–Crippen LogP) is 3.07. The van der Waals surface area contributed by atoms with Gasteiger partial charge in [-0.1, -0.05) is 0 Å². The van der Waals surface area contributed by atoms with E-state index in [2.05, 4.69) is 4.98 Å². The summed E-state index contributed by atoms with van der Waals surface area (Å²) < 4.78 is 13.2. The van der Waals surface area contributed by atoms with E-state index in [9.17, 15) is 9.18 Å². The van der Waals surface area contributed by atoms with E-state index in [-0.39, 0.29) is 5.78 Å². The zero-order valence-electron chi connectivity index (χ0n) is 9.70. The summed E-state index contributed by atoms with van der Waals surface area (Å²) in [6, 6.07) is 7.80. The Hall–Kier alpha value is -2.03. The van der Waals surface area contributed by atoms with E-state index in [0.29, 0.717) is 11.3 Å². The fourth-order valence-electron chi connectivity index (χ4n) is 1.68. The molecule has 0 fully saturated rings. The quantitative estimate of drug-likeness (QED) is 0.741. The van der Waals surface area contributed by atoms with Crippen molar-refractivity contribution >= 4 is 5.78 Å². The van der Waals surface area contributed by atoms with Crippen LogP contribution in [0.15, 0.2) is 36.5 Å². The summed E-state index contributed by atoms with van der Waals surface area (Å²) >= 11 is 0. The molecule has 2 nitrogen and oxygen atoms in total. The van der Waals surface area contributed by atoms with Gasteiger partial charge in [-0.2, -0.15) is 0 Å². The molecule has 1 aromatic carbocycles. The highest BCUT2D eigenvalue weighted by atomic mass is 19.1. The van der Waals surface area contributed by atoms with Crippen LogP contribution in [0.1, 0.15) is 27.2 Å². The third kappa shape index (κ3) is 2.56. The van der Waals surface area contributed by atoms with Crippen LogP contribution >= 0.6 is 0 Å². The number of ketones is 1. The molecule has 1 heterocycles. The van der Waals surface area contributed by atoms with E-state index in [0.717, 1.165) is 11.1 Å². The van der Waals surface area contributed by atoms with E-state index >= 15 is 0 Å². The molecule has 0 saturated carbocycles. The number of nitrogens with zero attached hydrogens (tertiary/aromatic N) is 1. The second kappa shape index (κ2) is 4.45. The van der Waals surface area contributed by atoms with Gasteiger partial charge in [-0.15, -0.1) is 0 Å². The highest BCUT2D eigenvalue weighted by Gasteiger charge is 2.11. The third-order valence-corrected chi connectivity index (χ3v) is 2.45. The van der Waals surface area contributed by atoms with Crippen molar-refractivity contribution in [2.24, 2.45) is 0 Å². The van der Waals surface area contributed by atoms with Gasteiger partial charge in [-0.05, 0) is 55.3 Å². The molecule has 86 valence electrons. The zero-order chi connectivity index (χ0) is 12.4. The van der Waals surface area contributed by atoms with Crippen molar-refractivity contribution in [1.82, 2.24) is 4.98 Å². The highest BCUT2D eigenvalue weighted by molar-refractivity contribution is 6.07. The van der Waals surface area contributed by atoms with Gasteiger partial charge in [0.25, 0.3) is 0 Å². The molecule has 17 heavy (non-hydrogen) atoms. The standard InChI is InChI=1S/C14H12FNO/c1-9-3-4-16-13(7-9)14(17)11-5-10(2)6-12(15)8-11/h3-8H,1-2H3. The van der Waals surface area contributed by atoms with Gasteiger partial charge in [-0.3, -0.25) is 9.78 Å². The Kier molecular flexibility index (Phi) is 3.00. The molecule has 0 amide bonds. The van der Waals surface area contributed by atoms with Crippen molar-refractivity contribution in [3.05, 3.63) is 64.7 Å². The molecule has 0 spiro atoms. The van der Waals surface area contributed by atoms with Gasteiger partial charge in [0.2, 0.25) is 5.78 Å². The molecule has 0 bridgehead atoms. The van der Waals surface area contributed by atoms with Crippen LogP contribution in [-0.2, 0) is 0 Å². The first-order valence-corrected chi connectivity index (χ1v) is 5.31. The van der Waals surface area contributed by atoms with Gasteiger partial charge in [0, 0.05) is 11.8 Å². The molecule has 0 N–H and O–H groups in total. The minimum absolute atomic E-state index is 0.253. The molecule has 2 rings (SSSR count). The van der Waals surface area contributed by atoms with Crippen LogP contribution in [0.25, 0.3) is 0 Å². The van der Waals surface area contributed by atoms with Crippen LogP contribution in [0.2, 0.25) is 0 Å². The Morgan fingerprint density at radius 2 is 1.88 bits per heavy atom. The maximum atomic E-state index is 13.2. The summed E-state index contributed by atoms with van der Waals surface area (Å²) in [4.78, 5) is 16.1. The number of carbonyl (C=O) groups is 1. The lowest BCUT2D eigenvalue weighted by Gasteiger charge is -2.03. The molecule has 1 aromatic heterocycles. The highest BCUT2D eigenvalue weighted by Crippen LogP contribution is 2.13. The predicted molar refractivity (Wildman–Crippen MR) is 63.5 cm³/mol. The first-order chi connectivity index (χ1) is 8.06. The van der Waals surface area contributed by atoms with E-state index in [1.165, 1.54) is 12.1 Å². The summed E-state index contributed by atoms with van der Waals surface area (Å²) in [7, 11) is 0. The molecule has 0 aliphatic carbocycles. The largest absolute Gasteiger partial charge is 0.287 e. The number of halogens is 1. The number of hydrogen-bond donors (Lipinski definition) is 0. The van der Waals surface area contributed by atoms with Crippen LogP contribution in [0.4, 0.5) is 4.39 Å².